The summed E-state index contributed by atoms with van der Waals surface area (Å²) in [6.45, 7) is 5.32. The molecule has 0 aromatic heterocycles. The summed E-state index contributed by atoms with van der Waals surface area (Å²) in [4.78, 5) is 35.5. The molecular weight excluding hydrogens is 432 g/mol. The maximum absolute atomic E-state index is 12.8. The Balaban J connectivity index is 2.53. The average Bonchev–Trinajstić information content (AvgIpc) is 2.60. The van der Waals surface area contributed by atoms with E-state index in [1.165, 1.54) is 18.2 Å². The van der Waals surface area contributed by atoms with E-state index >= 15 is 0 Å². The van der Waals surface area contributed by atoms with E-state index in [0.717, 1.165) is 0 Å². The second-order valence-corrected chi connectivity index (χ2v) is 8.06. The van der Waals surface area contributed by atoms with Gasteiger partial charge in [-0.1, -0.05) is 35.0 Å². The van der Waals surface area contributed by atoms with Crippen LogP contribution in [0.15, 0.2) is 46.8 Å². The fourth-order valence-electron chi connectivity index (χ4n) is 3.09. The minimum Gasteiger partial charge on any atom is -0.478 e. The summed E-state index contributed by atoms with van der Waals surface area (Å²) in [6, 6.07) is 5.64. The Morgan fingerprint density at radius 3 is 2.54 bits per heavy atom. The Morgan fingerprint density at radius 2 is 1.96 bits per heavy atom. The SMILES string of the molecule is CC1=C(C(=O)O)C(c2cccc([N+](=O)[O-])c2)C(C(=O)OCCC(C)Br)=C(C)N1. The first-order chi connectivity index (χ1) is 13.1. The monoisotopic (exact) mass is 452 g/mol. The zero-order valence-corrected chi connectivity index (χ0v) is 17.3. The lowest BCUT2D eigenvalue weighted by atomic mass is 9.80. The maximum Gasteiger partial charge on any atom is 0.336 e. The number of rotatable bonds is 7. The highest BCUT2D eigenvalue weighted by molar-refractivity contribution is 9.09. The molecule has 2 N–H and O–H groups in total. The van der Waals surface area contributed by atoms with Crippen molar-refractivity contribution < 1.29 is 24.4 Å². The number of carbonyl (C=O) groups is 2. The number of ether oxygens (including phenoxy) is 1. The lowest BCUT2D eigenvalue weighted by Crippen LogP contribution is -2.32. The summed E-state index contributed by atoms with van der Waals surface area (Å²) in [7, 11) is 0. The fourth-order valence-corrected chi connectivity index (χ4v) is 3.28. The third-order valence-electron chi connectivity index (χ3n) is 4.37. The van der Waals surface area contributed by atoms with Crippen LogP contribution < -0.4 is 5.32 Å². The number of dihydropyridines is 1. The Morgan fingerprint density at radius 1 is 1.32 bits per heavy atom. The molecule has 1 aromatic carbocycles. The summed E-state index contributed by atoms with van der Waals surface area (Å²) < 4.78 is 5.34. The zero-order chi connectivity index (χ0) is 21.0. The highest BCUT2D eigenvalue weighted by Crippen LogP contribution is 2.39. The number of carboxylic acid groups (broad SMARTS) is 1. The normalized spacial score (nSPS) is 17.8. The van der Waals surface area contributed by atoms with E-state index in [1.807, 2.05) is 6.92 Å². The van der Waals surface area contributed by atoms with Crippen LogP contribution in [0.1, 0.15) is 38.7 Å². The minimum atomic E-state index is -1.21. The molecular formula is C19H21BrN2O6. The predicted octanol–water partition coefficient (Wildman–Crippen LogP) is 3.63. The van der Waals surface area contributed by atoms with Gasteiger partial charge in [-0.3, -0.25) is 10.1 Å². The molecule has 0 spiro atoms. The molecule has 9 heteroatoms. The highest BCUT2D eigenvalue weighted by atomic mass is 79.9. The molecule has 0 aliphatic carbocycles. The third-order valence-corrected chi connectivity index (χ3v) is 4.83. The molecule has 1 aliphatic rings. The van der Waals surface area contributed by atoms with E-state index in [0.29, 0.717) is 23.4 Å². The van der Waals surface area contributed by atoms with Gasteiger partial charge in [-0.15, -0.1) is 0 Å². The van der Waals surface area contributed by atoms with Crippen molar-refractivity contribution >= 4 is 33.6 Å². The topological polar surface area (TPSA) is 119 Å². The standard InChI is InChI=1S/C19H21BrN2O6/c1-10(20)7-8-28-19(25)16-12(3)21-11(2)15(18(23)24)17(16)13-5-4-6-14(9-13)22(26)27/h4-6,9-10,17,21H,7-8H2,1-3H3,(H,23,24). The van der Waals surface area contributed by atoms with Crippen LogP contribution in [0.3, 0.4) is 0 Å². The molecule has 2 unspecified atom stereocenters. The van der Waals surface area contributed by atoms with Crippen molar-refractivity contribution in [2.45, 2.75) is 37.9 Å². The van der Waals surface area contributed by atoms with E-state index in [1.54, 1.807) is 19.9 Å². The molecule has 0 saturated heterocycles. The first-order valence-corrected chi connectivity index (χ1v) is 9.52. The number of nitro groups is 1. The number of hydrogen-bond acceptors (Lipinski definition) is 6. The lowest BCUT2D eigenvalue weighted by molar-refractivity contribution is -0.384. The zero-order valence-electron chi connectivity index (χ0n) is 15.7. The van der Waals surface area contributed by atoms with Crippen molar-refractivity contribution in [3.8, 4) is 0 Å². The number of non-ortho nitro benzene ring substituents is 1. The van der Waals surface area contributed by atoms with Gasteiger partial charge in [0.15, 0.2) is 0 Å². The number of aliphatic carboxylic acids is 1. The lowest BCUT2D eigenvalue weighted by Gasteiger charge is -2.29. The summed E-state index contributed by atoms with van der Waals surface area (Å²) in [5.41, 5.74) is 1.06. The number of alkyl halides is 1. The van der Waals surface area contributed by atoms with Crippen molar-refractivity contribution in [2.24, 2.45) is 0 Å². The molecule has 28 heavy (non-hydrogen) atoms. The second kappa shape index (κ2) is 9.01. The Kier molecular flexibility index (Phi) is 6.95. The minimum absolute atomic E-state index is 0.0492. The number of halogens is 1. The first kappa shape index (κ1) is 21.6. The number of nitrogens with one attached hydrogen (secondary N) is 1. The van der Waals surface area contributed by atoms with E-state index in [-0.39, 0.29) is 28.3 Å². The van der Waals surface area contributed by atoms with Gasteiger partial charge < -0.3 is 15.2 Å². The highest BCUT2D eigenvalue weighted by Gasteiger charge is 2.37. The van der Waals surface area contributed by atoms with Crippen molar-refractivity contribution in [3.63, 3.8) is 0 Å². The summed E-state index contributed by atoms with van der Waals surface area (Å²) in [5.74, 6) is -2.85. The van der Waals surface area contributed by atoms with E-state index < -0.39 is 22.8 Å². The van der Waals surface area contributed by atoms with E-state index in [9.17, 15) is 24.8 Å². The van der Waals surface area contributed by atoms with Gasteiger partial charge in [-0.2, -0.15) is 0 Å². The van der Waals surface area contributed by atoms with Gasteiger partial charge >= 0.3 is 11.9 Å². The fraction of sp³-hybridized carbons (Fsp3) is 0.368. The molecule has 0 amide bonds. The number of carboxylic acids is 1. The van der Waals surface area contributed by atoms with Gasteiger partial charge in [0.1, 0.15) is 0 Å². The largest absolute Gasteiger partial charge is 0.478 e. The first-order valence-electron chi connectivity index (χ1n) is 8.60. The van der Waals surface area contributed by atoms with Crippen molar-refractivity contribution in [1.29, 1.82) is 0 Å². The average molecular weight is 453 g/mol. The predicted molar refractivity (Wildman–Crippen MR) is 106 cm³/mol. The van der Waals surface area contributed by atoms with Crippen molar-refractivity contribution in [2.75, 3.05) is 6.61 Å². The third kappa shape index (κ3) is 4.78. The molecule has 2 rings (SSSR count). The summed E-state index contributed by atoms with van der Waals surface area (Å²) >= 11 is 3.37. The van der Waals surface area contributed by atoms with Gasteiger partial charge in [0.25, 0.3) is 5.69 Å². The van der Waals surface area contributed by atoms with Gasteiger partial charge in [-0.05, 0) is 25.8 Å². The van der Waals surface area contributed by atoms with Gasteiger partial charge in [-0.25, -0.2) is 9.59 Å². The van der Waals surface area contributed by atoms with E-state index in [4.69, 9.17) is 4.74 Å². The molecule has 0 saturated carbocycles. The Hall–Kier alpha value is -2.68. The number of esters is 1. The quantitative estimate of drug-likeness (QED) is 0.280. The van der Waals surface area contributed by atoms with Crippen LogP contribution in [0.2, 0.25) is 0 Å². The van der Waals surface area contributed by atoms with Crippen molar-refractivity contribution in [3.05, 3.63) is 62.5 Å². The van der Waals surface area contributed by atoms with Crippen LogP contribution in [0.25, 0.3) is 0 Å². The maximum atomic E-state index is 12.8. The molecule has 1 heterocycles. The smallest absolute Gasteiger partial charge is 0.336 e. The molecule has 0 fully saturated rings. The Labute approximate surface area is 170 Å². The van der Waals surface area contributed by atoms with Gasteiger partial charge in [0, 0.05) is 28.4 Å². The number of nitrogens with zero attached hydrogens (tertiary/aromatic N) is 1. The van der Waals surface area contributed by atoms with Gasteiger partial charge in [0.05, 0.1) is 28.6 Å². The number of carbonyl (C=O) groups excluding carboxylic acids is 1. The van der Waals surface area contributed by atoms with Gasteiger partial charge in [0.2, 0.25) is 0 Å². The molecule has 150 valence electrons. The number of allylic oxidation sites excluding steroid dienone is 2. The molecule has 1 aromatic rings. The molecule has 1 aliphatic heterocycles. The van der Waals surface area contributed by atoms with Crippen LogP contribution >= 0.6 is 15.9 Å². The van der Waals surface area contributed by atoms with E-state index in [2.05, 4.69) is 21.2 Å². The number of hydrogen-bond donors (Lipinski definition) is 2. The second-order valence-electron chi connectivity index (χ2n) is 6.50. The van der Waals surface area contributed by atoms with Crippen LogP contribution in [0.4, 0.5) is 5.69 Å². The summed E-state index contributed by atoms with van der Waals surface area (Å²) in [6.07, 6.45) is 0.591. The number of benzene rings is 1. The summed E-state index contributed by atoms with van der Waals surface area (Å²) in [5, 5.41) is 23.8. The van der Waals surface area contributed by atoms with Crippen molar-refractivity contribution in [1.82, 2.24) is 5.32 Å². The van der Waals surface area contributed by atoms with Crippen LogP contribution in [0.5, 0.6) is 0 Å². The molecule has 2 atom stereocenters. The van der Waals surface area contributed by atoms with Crippen LogP contribution in [0, 0.1) is 10.1 Å². The molecule has 0 radical (unpaired) electrons. The Bertz CT molecular complexity index is 875. The molecule has 0 bridgehead atoms. The van der Waals surface area contributed by atoms with Crippen LogP contribution in [-0.4, -0.2) is 33.4 Å². The molecule has 8 nitrogen and oxygen atoms in total. The number of nitro benzene ring substituents is 1. The van der Waals surface area contributed by atoms with Crippen LogP contribution in [-0.2, 0) is 14.3 Å².